The van der Waals surface area contributed by atoms with E-state index in [2.05, 4.69) is 5.32 Å². The number of carbonyl (C=O) groups is 4. The van der Waals surface area contributed by atoms with Gasteiger partial charge in [-0.25, -0.2) is 4.90 Å². The molecular formula is C24H22ClN3O5. The maximum Gasteiger partial charge on any atom is 0.326 e. The van der Waals surface area contributed by atoms with Crippen LogP contribution >= 0.6 is 11.6 Å². The summed E-state index contributed by atoms with van der Waals surface area (Å²) in [4.78, 5) is 55.9. The molecule has 0 bridgehead atoms. The van der Waals surface area contributed by atoms with Gasteiger partial charge in [0.05, 0.1) is 24.1 Å². The third kappa shape index (κ3) is 2.94. The zero-order valence-electron chi connectivity index (χ0n) is 18.1. The Kier molecular flexibility index (Phi) is 5.02. The van der Waals surface area contributed by atoms with Crippen molar-refractivity contribution in [2.45, 2.75) is 25.4 Å². The van der Waals surface area contributed by atoms with Crippen molar-refractivity contribution in [2.75, 3.05) is 23.0 Å². The average Bonchev–Trinajstić information content (AvgIpc) is 3.32. The molecule has 2 saturated heterocycles. The summed E-state index contributed by atoms with van der Waals surface area (Å²) >= 11 is 6.11. The molecule has 3 aliphatic heterocycles. The molecule has 2 aromatic carbocycles. The average molecular weight is 468 g/mol. The molecule has 9 heteroatoms. The molecule has 3 aliphatic rings. The van der Waals surface area contributed by atoms with Crippen molar-refractivity contribution in [3.05, 3.63) is 59.1 Å². The summed E-state index contributed by atoms with van der Waals surface area (Å²) in [6.07, 6.45) is 0. The molecule has 0 saturated carbocycles. The van der Waals surface area contributed by atoms with Crippen molar-refractivity contribution < 1.29 is 23.9 Å². The van der Waals surface area contributed by atoms with Crippen LogP contribution in [0, 0.1) is 11.8 Å². The largest absolute Gasteiger partial charge is 0.465 e. The molecular weight excluding hydrogens is 446 g/mol. The Morgan fingerprint density at radius 3 is 2.61 bits per heavy atom. The fourth-order valence-corrected chi connectivity index (χ4v) is 5.66. The van der Waals surface area contributed by atoms with Crippen molar-refractivity contribution in [3.8, 4) is 0 Å². The first-order valence-corrected chi connectivity index (χ1v) is 11.2. The quantitative estimate of drug-likeness (QED) is 0.547. The Hall–Kier alpha value is -3.23. The molecule has 1 N–H and O–H groups in total. The number of hydrogen-bond acceptors (Lipinski definition) is 6. The molecule has 2 fully saturated rings. The third-order valence-electron chi connectivity index (χ3n) is 6.67. The van der Waals surface area contributed by atoms with Crippen LogP contribution in [-0.2, 0) is 29.5 Å². The topological polar surface area (TPSA) is 96.0 Å². The number of nitrogens with zero attached hydrogens (tertiary/aromatic N) is 2. The number of para-hydroxylation sites is 1. The van der Waals surface area contributed by atoms with Gasteiger partial charge in [-0.2, -0.15) is 0 Å². The fraction of sp³-hybridized carbons (Fsp3) is 0.333. The number of esters is 1. The van der Waals surface area contributed by atoms with E-state index in [1.165, 1.54) is 4.90 Å². The lowest BCUT2D eigenvalue weighted by atomic mass is 9.76. The normalized spacial score (nSPS) is 28.0. The number of anilines is 2. The van der Waals surface area contributed by atoms with E-state index in [0.717, 1.165) is 4.90 Å². The van der Waals surface area contributed by atoms with Crippen LogP contribution < -0.4 is 15.1 Å². The molecule has 3 heterocycles. The van der Waals surface area contributed by atoms with Crippen molar-refractivity contribution in [3.63, 3.8) is 0 Å². The van der Waals surface area contributed by atoms with E-state index in [1.54, 1.807) is 62.4 Å². The van der Waals surface area contributed by atoms with Crippen LogP contribution in [0.1, 0.15) is 19.4 Å². The highest BCUT2D eigenvalue weighted by molar-refractivity contribution is 6.31. The van der Waals surface area contributed by atoms with E-state index in [9.17, 15) is 19.2 Å². The number of benzene rings is 2. The Bertz CT molecular complexity index is 1200. The Morgan fingerprint density at radius 1 is 1.12 bits per heavy atom. The molecule has 0 radical (unpaired) electrons. The lowest BCUT2D eigenvalue weighted by Crippen LogP contribution is -2.55. The van der Waals surface area contributed by atoms with E-state index in [0.29, 0.717) is 22.0 Å². The second-order valence-corrected chi connectivity index (χ2v) is 8.89. The second kappa shape index (κ2) is 7.67. The van der Waals surface area contributed by atoms with Gasteiger partial charge in [0.2, 0.25) is 11.8 Å². The van der Waals surface area contributed by atoms with Gasteiger partial charge in [-0.15, -0.1) is 0 Å². The summed E-state index contributed by atoms with van der Waals surface area (Å²) in [5.41, 5.74) is 0.0224. The second-order valence-electron chi connectivity index (χ2n) is 8.45. The molecule has 1 spiro atoms. The summed E-state index contributed by atoms with van der Waals surface area (Å²) in [5, 5.41) is 3.68. The van der Waals surface area contributed by atoms with Crippen molar-refractivity contribution in [1.29, 1.82) is 0 Å². The predicted octanol–water partition coefficient (Wildman–Crippen LogP) is 2.24. The minimum absolute atomic E-state index is 0.190. The molecule has 4 atom stereocenters. The molecule has 0 unspecified atom stereocenters. The van der Waals surface area contributed by atoms with Gasteiger partial charge in [0, 0.05) is 22.3 Å². The maximum absolute atomic E-state index is 13.9. The standard InChI is InChI=1S/C24H22ClN3O5/c1-3-33-18(29)12-27-17-10-5-4-9-16(17)24(23(27)32)20-19(13(2)26-24)21(30)28(22(20)31)15-8-6-7-14(25)11-15/h4-11,13,19-20,26H,3,12H2,1-2H3/t13-,19-,20+,24+/m1/s1. The Labute approximate surface area is 195 Å². The number of fused-ring (bicyclic) bond motifs is 4. The first-order chi connectivity index (χ1) is 15.8. The highest BCUT2D eigenvalue weighted by Crippen LogP contribution is 2.55. The third-order valence-corrected chi connectivity index (χ3v) is 6.91. The van der Waals surface area contributed by atoms with Crippen LogP contribution in [0.2, 0.25) is 5.02 Å². The molecule has 5 rings (SSSR count). The number of halogens is 1. The summed E-state index contributed by atoms with van der Waals surface area (Å²) in [6.45, 7) is 3.40. The highest BCUT2D eigenvalue weighted by Gasteiger charge is 2.71. The van der Waals surface area contributed by atoms with Crippen LogP contribution in [0.3, 0.4) is 0 Å². The predicted molar refractivity (Wildman–Crippen MR) is 121 cm³/mol. The van der Waals surface area contributed by atoms with Gasteiger partial charge in [-0.1, -0.05) is 35.9 Å². The monoisotopic (exact) mass is 467 g/mol. The summed E-state index contributed by atoms with van der Waals surface area (Å²) < 4.78 is 5.06. The van der Waals surface area contributed by atoms with Crippen LogP contribution in [-0.4, -0.2) is 42.9 Å². The molecule has 0 aromatic heterocycles. The smallest absolute Gasteiger partial charge is 0.326 e. The lowest BCUT2D eigenvalue weighted by Gasteiger charge is -2.30. The first kappa shape index (κ1) is 21.6. The van der Waals surface area contributed by atoms with Crippen LogP contribution in [0.15, 0.2) is 48.5 Å². The van der Waals surface area contributed by atoms with E-state index >= 15 is 0 Å². The van der Waals surface area contributed by atoms with Gasteiger partial charge in [0.25, 0.3) is 5.91 Å². The first-order valence-electron chi connectivity index (χ1n) is 10.8. The molecule has 3 amide bonds. The molecule has 170 valence electrons. The highest BCUT2D eigenvalue weighted by atomic mass is 35.5. The SMILES string of the molecule is CCOC(=O)CN1C(=O)[C@]2(N[C@H](C)[C@H]3C(=O)N(c4cccc(Cl)c4)C(=O)[C@H]32)c2ccccc21. The van der Waals surface area contributed by atoms with E-state index in [4.69, 9.17) is 16.3 Å². The summed E-state index contributed by atoms with van der Waals surface area (Å²) in [5.74, 6) is -3.53. The minimum atomic E-state index is -1.45. The van der Waals surface area contributed by atoms with Gasteiger partial charge in [0.1, 0.15) is 12.1 Å². The number of imide groups is 1. The summed E-state index contributed by atoms with van der Waals surface area (Å²) in [6, 6.07) is 13.1. The number of carbonyl (C=O) groups excluding carboxylic acids is 4. The van der Waals surface area contributed by atoms with Gasteiger partial charge in [-0.3, -0.25) is 29.4 Å². The van der Waals surface area contributed by atoms with Crippen molar-refractivity contribution >= 4 is 46.7 Å². The zero-order valence-corrected chi connectivity index (χ0v) is 18.8. The molecule has 0 aliphatic carbocycles. The van der Waals surface area contributed by atoms with Crippen molar-refractivity contribution in [1.82, 2.24) is 5.32 Å². The van der Waals surface area contributed by atoms with Crippen LogP contribution in [0.5, 0.6) is 0 Å². The fourth-order valence-electron chi connectivity index (χ4n) is 5.47. The number of nitrogens with one attached hydrogen (secondary N) is 1. The van der Waals surface area contributed by atoms with Gasteiger partial charge >= 0.3 is 5.97 Å². The molecule has 8 nitrogen and oxygen atoms in total. The van der Waals surface area contributed by atoms with Gasteiger partial charge in [-0.05, 0) is 38.1 Å². The van der Waals surface area contributed by atoms with E-state index in [1.807, 2.05) is 0 Å². The maximum atomic E-state index is 13.9. The van der Waals surface area contributed by atoms with Crippen LogP contribution in [0.4, 0.5) is 11.4 Å². The zero-order chi connectivity index (χ0) is 23.5. The Balaban J connectivity index is 1.62. The van der Waals surface area contributed by atoms with E-state index in [-0.39, 0.29) is 19.1 Å². The number of rotatable bonds is 4. The van der Waals surface area contributed by atoms with E-state index < -0.39 is 41.2 Å². The van der Waals surface area contributed by atoms with Crippen molar-refractivity contribution in [2.24, 2.45) is 11.8 Å². The minimum Gasteiger partial charge on any atom is -0.465 e. The summed E-state index contributed by atoms with van der Waals surface area (Å²) in [7, 11) is 0. The lowest BCUT2D eigenvalue weighted by molar-refractivity contribution is -0.142. The van der Waals surface area contributed by atoms with Gasteiger partial charge in [0.15, 0.2) is 0 Å². The number of amides is 3. The number of ether oxygens (including phenoxy) is 1. The Morgan fingerprint density at radius 2 is 1.88 bits per heavy atom. The number of hydrogen-bond donors (Lipinski definition) is 1. The van der Waals surface area contributed by atoms with Gasteiger partial charge < -0.3 is 4.74 Å². The molecule has 2 aromatic rings. The molecule has 33 heavy (non-hydrogen) atoms. The van der Waals surface area contributed by atoms with Crippen LogP contribution in [0.25, 0.3) is 0 Å².